The second kappa shape index (κ2) is 4.65. The lowest BCUT2D eigenvalue weighted by Crippen LogP contribution is -2.09. The SMILES string of the molecule is COc1ccc(N)c(SC2CCOC2=O)c1. The molecule has 0 amide bonds. The molecule has 1 fully saturated rings. The summed E-state index contributed by atoms with van der Waals surface area (Å²) in [5, 5.41) is -0.144. The van der Waals surface area contributed by atoms with Crippen LogP contribution in [-0.2, 0) is 9.53 Å². The van der Waals surface area contributed by atoms with Crippen LogP contribution >= 0.6 is 11.8 Å². The molecule has 1 saturated heterocycles. The minimum Gasteiger partial charge on any atom is -0.497 e. The lowest BCUT2D eigenvalue weighted by atomic mass is 10.3. The first kappa shape index (κ1) is 11.1. The number of esters is 1. The largest absolute Gasteiger partial charge is 0.497 e. The second-order valence-corrected chi connectivity index (χ2v) is 4.71. The summed E-state index contributed by atoms with van der Waals surface area (Å²) in [7, 11) is 1.60. The third kappa shape index (κ3) is 2.24. The summed E-state index contributed by atoms with van der Waals surface area (Å²) in [5.41, 5.74) is 6.50. The summed E-state index contributed by atoms with van der Waals surface area (Å²) in [6, 6.07) is 5.42. The van der Waals surface area contributed by atoms with Gasteiger partial charge < -0.3 is 15.2 Å². The number of nitrogens with two attached hydrogens (primary N) is 1. The van der Waals surface area contributed by atoms with Gasteiger partial charge in [-0.1, -0.05) is 0 Å². The van der Waals surface area contributed by atoms with Gasteiger partial charge in [0.15, 0.2) is 0 Å². The number of benzene rings is 1. The van der Waals surface area contributed by atoms with E-state index in [2.05, 4.69) is 0 Å². The molecule has 2 N–H and O–H groups in total. The zero-order valence-corrected chi connectivity index (χ0v) is 9.75. The fourth-order valence-electron chi connectivity index (χ4n) is 1.48. The van der Waals surface area contributed by atoms with E-state index in [0.29, 0.717) is 12.3 Å². The van der Waals surface area contributed by atoms with Crippen molar-refractivity contribution in [1.82, 2.24) is 0 Å². The van der Waals surface area contributed by atoms with Gasteiger partial charge in [0.25, 0.3) is 0 Å². The van der Waals surface area contributed by atoms with Crippen molar-refractivity contribution in [2.45, 2.75) is 16.6 Å². The number of cyclic esters (lactones) is 1. The zero-order valence-electron chi connectivity index (χ0n) is 8.93. The number of hydrogen-bond acceptors (Lipinski definition) is 5. The molecule has 1 aliphatic heterocycles. The lowest BCUT2D eigenvalue weighted by Gasteiger charge is -2.09. The Morgan fingerprint density at radius 1 is 1.56 bits per heavy atom. The van der Waals surface area contributed by atoms with Crippen molar-refractivity contribution in [3.63, 3.8) is 0 Å². The smallest absolute Gasteiger partial charge is 0.319 e. The van der Waals surface area contributed by atoms with Gasteiger partial charge in [-0.25, -0.2) is 0 Å². The molecular weight excluding hydrogens is 226 g/mol. The maximum atomic E-state index is 11.3. The highest BCUT2D eigenvalue weighted by Crippen LogP contribution is 2.35. The van der Waals surface area contributed by atoms with Gasteiger partial charge in [0.05, 0.1) is 13.7 Å². The molecule has 2 rings (SSSR count). The number of rotatable bonds is 3. The summed E-state index contributed by atoms with van der Waals surface area (Å²) in [6.07, 6.45) is 0.736. The van der Waals surface area contributed by atoms with Crippen LogP contribution in [0.1, 0.15) is 6.42 Å². The van der Waals surface area contributed by atoms with Gasteiger partial charge in [-0.3, -0.25) is 4.79 Å². The number of ether oxygens (including phenoxy) is 2. The first-order valence-electron chi connectivity index (χ1n) is 4.97. The predicted octanol–water partition coefficient (Wildman–Crippen LogP) is 1.68. The normalized spacial score (nSPS) is 19.6. The Balaban J connectivity index is 2.16. The Hall–Kier alpha value is -1.36. The van der Waals surface area contributed by atoms with Gasteiger partial charge in [0.2, 0.25) is 0 Å². The third-order valence-electron chi connectivity index (χ3n) is 2.38. The molecule has 1 aromatic rings. The molecule has 0 spiro atoms. The predicted molar refractivity (Wildman–Crippen MR) is 62.6 cm³/mol. The average Bonchev–Trinajstić information content (AvgIpc) is 2.68. The summed E-state index contributed by atoms with van der Waals surface area (Å²) in [5.74, 6) is 0.579. The number of carbonyl (C=O) groups excluding carboxylic acids is 1. The molecule has 0 saturated carbocycles. The number of nitrogen functional groups attached to an aromatic ring is 1. The lowest BCUT2D eigenvalue weighted by molar-refractivity contribution is -0.137. The summed E-state index contributed by atoms with van der Waals surface area (Å²) in [4.78, 5) is 12.2. The van der Waals surface area contributed by atoms with E-state index in [0.717, 1.165) is 17.1 Å². The average molecular weight is 239 g/mol. The fourth-order valence-corrected chi connectivity index (χ4v) is 2.55. The van der Waals surface area contributed by atoms with E-state index in [-0.39, 0.29) is 11.2 Å². The minimum atomic E-state index is -0.160. The standard InChI is InChI=1S/C11H13NO3S/c1-14-7-2-3-8(12)10(6-7)16-9-4-5-15-11(9)13/h2-3,6,9H,4-5,12H2,1H3. The highest BCUT2D eigenvalue weighted by molar-refractivity contribution is 8.00. The van der Waals surface area contributed by atoms with Gasteiger partial charge in [0.1, 0.15) is 11.0 Å². The van der Waals surface area contributed by atoms with Crippen molar-refractivity contribution in [2.24, 2.45) is 0 Å². The van der Waals surface area contributed by atoms with Crippen molar-refractivity contribution in [3.05, 3.63) is 18.2 Å². The van der Waals surface area contributed by atoms with Gasteiger partial charge in [0, 0.05) is 17.0 Å². The Morgan fingerprint density at radius 3 is 3.00 bits per heavy atom. The van der Waals surface area contributed by atoms with E-state index in [1.807, 2.05) is 6.07 Å². The fraction of sp³-hybridized carbons (Fsp3) is 0.364. The van der Waals surface area contributed by atoms with E-state index >= 15 is 0 Å². The molecule has 16 heavy (non-hydrogen) atoms. The first-order valence-corrected chi connectivity index (χ1v) is 5.85. The molecule has 0 aromatic heterocycles. The number of carbonyl (C=O) groups is 1. The van der Waals surface area contributed by atoms with Crippen molar-refractivity contribution >= 4 is 23.4 Å². The van der Waals surface area contributed by atoms with E-state index in [1.54, 1.807) is 19.2 Å². The number of hydrogen-bond donors (Lipinski definition) is 1. The molecule has 1 heterocycles. The van der Waals surface area contributed by atoms with Crippen molar-refractivity contribution in [1.29, 1.82) is 0 Å². The van der Waals surface area contributed by atoms with Gasteiger partial charge in [-0.15, -0.1) is 11.8 Å². The topological polar surface area (TPSA) is 61.6 Å². The zero-order chi connectivity index (χ0) is 11.5. The van der Waals surface area contributed by atoms with Crippen LogP contribution in [0.3, 0.4) is 0 Å². The Kier molecular flexibility index (Phi) is 3.24. The molecule has 0 bridgehead atoms. The second-order valence-electron chi connectivity index (χ2n) is 3.47. The third-order valence-corrected chi connectivity index (χ3v) is 3.70. The van der Waals surface area contributed by atoms with Gasteiger partial charge in [-0.2, -0.15) is 0 Å². The molecule has 0 aliphatic carbocycles. The van der Waals surface area contributed by atoms with Gasteiger partial charge in [-0.05, 0) is 18.2 Å². The van der Waals surface area contributed by atoms with Crippen LogP contribution in [-0.4, -0.2) is 24.9 Å². The maximum absolute atomic E-state index is 11.3. The Morgan fingerprint density at radius 2 is 2.38 bits per heavy atom. The maximum Gasteiger partial charge on any atom is 0.319 e. The summed E-state index contributed by atoms with van der Waals surface area (Å²) >= 11 is 1.44. The summed E-state index contributed by atoms with van der Waals surface area (Å²) in [6.45, 7) is 0.500. The molecule has 0 radical (unpaired) electrons. The first-order chi connectivity index (χ1) is 7.70. The number of methoxy groups -OCH3 is 1. The molecule has 1 unspecified atom stereocenters. The quantitative estimate of drug-likeness (QED) is 0.642. The molecule has 4 nitrogen and oxygen atoms in total. The van der Waals surface area contributed by atoms with E-state index in [4.69, 9.17) is 15.2 Å². The number of thioether (sulfide) groups is 1. The molecule has 1 aromatic carbocycles. The molecular formula is C11H13NO3S. The molecule has 1 atom stereocenters. The van der Waals surface area contributed by atoms with Crippen LogP contribution in [0.5, 0.6) is 5.75 Å². The molecule has 86 valence electrons. The van der Waals surface area contributed by atoms with E-state index in [9.17, 15) is 4.79 Å². The van der Waals surface area contributed by atoms with Crippen LogP contribution < -0.4 is 10.5 Å². The highest BCUT2D eigenvalue weighted by atomic mass is 32.2. The van der Waals surface area contributed by atoms with Crippen LogP contribution in [0, 0.1) is 0 Å². The Labute approximate surface area is 98.1 Å². The van der Waals surface area contributed by atoms with Crippen LogP contribution in [0.15, 0.2) is 23.1 Å². The van der Waals surface area contributed by atoms with Crippen LogP contribution in [0.4, 0.5) is 5.69 Å². The van der Waals surface area contributed by atoms with Crippen molar-refractivity contribution in [2.75, 3.05) is 19.5 Å². The van der Waals surface area contributed by atoms with E-state index in [1.165, 1.54) is 11.8 Å². The molecule has 5 heteroatoms. The molecule has 1 aliphatic rings. The summed E-state index contributed by atoms with van der Waals surface area (Å²) < 4.78 is 10.0. The van der Waals surface area contributed by atoms with Crippen LogP contribution in [0.25, 0.3) is 0 Å². The van der Waals surface area contributed by atoms with Gasteiger partial charge >= 0.3 is 5.97 Å². The minimum absolute atomic E-state index is 0.144. The van der Waals surface area contributed by atoms with Crippen molar-refractivity contribution < 1.29 is 14.3 Å². The highest BCUT2D eigenvalue weighted by Gasteiger charge is 2.28. The Bertz CT molecular complexity index is 408. The van der Waals surface area contributed by atoms with Crippen molar-refractivity contribution in [3.8, 4) is 5.75 Å². The monoisotopic (exact) mass is 239 g/mol. The number of anilines is 1. The van der Waals surface area contributed by atoms with E-state index < -0.39 is 0 Å². The van der Waals surface area contributed by atoms with Crippen LogP contribution in [0.2, 0.25) is 0 Å².